The molecule has 0 aliphatic heterocycles. The van der Waals surface area contributed by atoms with Crippen LogP contribution in [0.25, 0.3) is 27.8 Å². The van der Waals surface area contributed by atoms with Crippen LogP contribution in [0.1, 0.15) is 6.92 Å². The van der Waals surface area contributed by atoms with E-state index in [-0.39, 0.29) is 11.3 Å². The number of rotatable bonds is 10. The van der Waals surface area contributed by atoms with Gasteiger partial charge in [-0.15, -0.1) is 0 Å². The van der Waals surface area contributed by atoms with E-state index in [9.17, 15) is 13.6 Å². The van der Waals surface area contributed by atoms with Crippen LogP contribution in [0.2, 0.25) is 0 Å². The first-order chi connectivity index (χ1) is 17.0. The Hall–Kier alpha value is -3.98. The van der Waals surface area contributed by atoms with Crippen LogP contribution in [0.15, 0.2) is 71.5 Å². The van der Waals surface area contributed by atoms with Crippen molar-refractivity contribution in [1.29, 1.82) is 0 Å². The molecule has 4 aromatic rings. The second-order valence-electron chi connectivity index (χ2n) is 7.54. The van der Waals surface area contributed by atoms with E-state index in [4.69, 9.17) is 9.47 Å². The van der Waals surface area contributed by atoms with Crippen LogP contribution in [0.3, 0.4) is 0 Å². The lowest BCUT2D eigenvalue weighted by molar-refractivity contribution is -0.0498. The van der Waals surface area contributed by atoms with Crippen molar-refractivity contribution < 1.29 is 23.0 Å². The Morgan fingerprint density at radius 2 is 1.69 bits per heavy atom. The van der Waals surface area contributed by atoms with Gasteiger partial charge in [-0.2, -0.15) is 13.8 Å². The average molecular weight is 481 g/mol. The van der Waals surface area contributed by atoms with Crippen LogP contribution in [0.4, 0.5) is 8.78 Å². The monoisotopic (exact) mass is 481 g/mol. The zero-order chi connectivity index (χ0) is 24.8. The third kappa shape index (κ3) is 5.58. The lowest BCUT2D eigenvalue weighted by atomic mass is 10.1. The highest BCUT2D eigenvalue weighted by Gasteiger charge is 2.15. The van der Waals surface area contributed by atoms with Crippen LogP contribution in [0.5, 0.6) is 17.4 Å². The van der Waals surface area contributed by atoms with Crippen LogP contribution in [-0.4, -0.2) is 43.0 Å². The summed E-state index contributed by atoms with van der Waals surface area (Å²) >= 11 is 0. The first kappa shape index (κ1) is 24.2. The molecule has 0 atom stereocenters. The maximum Gasteiger partial charge on any atom is 0.387 e. The normalized spacial score (nSPS) is 11.1. The van der Waals surface area contributed by atoms with Gasteiger partial charge in [-0.05, 0) is 68.1 Å². The molecule has 0 amide bonds. The van der Waals surface area contributed by atoms with E-state index >= 15 is 0 Å². The highest BCUT2D eigenvalue weighted by molar-refractivity contribution is 5.83. The molecule has 7 nitrogen and oxygen atoms in total. The van der Waals surface area contributed by atoms with E-state index in [0.29, 0.717) is 52.7 Å². The minimum Gasteiger partial charge on any atom is -0.492 e. The minimum absolute atomic E-state index is 0.00548. The molecule has 0 spiro atoms. The summed E-state index contributed by atoms with van der Waals surface area (Å²) in [6.07, 6.45) is 0. The summed E-state index contributed by atoms with van der Waals surface area (Å²) in [6, 6.07) is 18.5. The Labute approximate surface area is 200 Å². The lowest BCUT2D eigenvalue weighted by Gasteiger charge is -2.14. The van der Waals surface area contributed by atoms with Gasteiger partial charge >= 0.3 is 6.61 Å². The number of nitrogens with one attached hydrogen (secondary N) is 1. The van der Waals surface area contributed by atoms with Crippen molar-refractivity contribution in [2.45, 2.75) is 13.5 Å². The molecule has 35 heavy (non-hydrogen) atoms. The number of hydrogen-bond donors (Lipinski definition) is 1. The number of aromatic nitrogens is 2. The number of hydrogen-bond acceptors (Lipinski definition) is 6. The second-order valence-corrected chi connectivity index (χ2v) is 7.54. The molecule has 0 fully saturated rings. The molecule has 0 aliphatic carbocycles. The topological polar surface area (TPSA) is 74.6 Å². The van der Waals surface area contributed by atoms with Gasteiger partial charge in [0, 0.05) is 23.6 Å². The zero-order valence-electron chi connectivity index (χ0n) is 19.3. The molecule has 0 saturated carbocycles. The molecule has 2 aromatic carbocycles. The third-order valence-electron chi connectivity index (χ3n) is 5.22. The quantitative estimate of drug-likeness (QED) is 0.333. The molecule has 2 aromatic heterocycles. The van der Waals surface area contributed by atoms with Gasteiger partial charge in [-0.1, -0.05) is 12.1 Å². The second kappa shape index (κ2) is 11.0. The molecule has 4 rings (SSSR count). The van der Waals surface area contributed by atoms with Crippen molar-refractivity contribution in [3.63, 3.8) is 0 Å². The highest BCUT2D eigenvalue weighted by Crippen LogP contribution is 2.27. The molecule has 182 valence electrons. The summed E-state index contributed by atoms with van der Waals surface area (Å²) in [4.78, 5) is 18.2. The first-order valence-corrected chi connectivity index (χ1v) is 11.1. The predicted octanol–water partition coefficient (Wildman–Crippen LogP) is 4.65. The van der Waals surface area contributed by atoms with Crippen LogP contribution >= 0.6 is 0 Å². The lowest BCUT2D eigenvalue weighted by Crippen LogP contribution is -2.21. The molecule has 0 bridgehead atoms. The summed E-state index contributed by atoms with van der Waals surface area (Å²) in [5.74, 6) is 1.07. The highest BCUT2D eigenvalue weighted by atomic mass is 19.3. The van der Waals surface area contributed by atoms with Crippen molar-refractivity contribution >= 4 is 11.0 Å². The van der Waals surface area contributed by atoms with Gasteiger partial charge in [0.2, 0.25) is 5.88 Å². The Balaban J connectivity index is 1.82. The molecule has 9 heteroatoms. The smallest absolute Gasteiger partial charge is 0.387 e. The predicted molar refractivity (Wildman–Crippen MR) is 130 cm³/mol. The van der Waals surface area contributed by atoms with Gasteiger partial charge < -0.3 is 19.5 Å². The van der Waals surface area contributed by atoms with E-state index in [1.165, 1.54) is 28.8 Å². The average Bonchev–Trinajstić information content (AvgIpc) is 2.85. The number of pyridine rings is 2. The van der Waals surface area contributed by atoms with Crippen LogP contribution < -0.4 is 25.1 Å². The van der Waals surface area contributed by atoms with Crippen molar-refractivity contribution in [3.8, 4) is 34.2 Å². The van der Waals surface area contributed by atoms with Crippen LogP contribution in [0, 0.1) is 0 Å². The van der Waals surface area contributed by atoms with E-state index < -0.39 is 6.61 Å². The van der Waals surface area contributed by atoms with Gasteiger partial charge in [0.1, 0.15) is 18.1 Å². The fourth-order valence-electron chi connectivity index (χ4n) is 3.62. The summed E-state index contributed by atoms with van der Waals surface area (Å²) in [5.41, 5.74) is 1.69. The Morgan fingerprint density at radius 1 is 0.971 bits per heavy atom. The summed E-state index contributed by atoms with van der Waals surface area (Å²) in [6.45, 7) is 0.569. The van der Waals surface area contributed by atoms with Gasteiger partial charge in [0.15, 0.2) is 5.65 Å². The standard InChI is InChI=1S/C26H25F2N3O4/c1-3-33-23-13-6-18-16-22(17-4-9-20(10-5-17)34-15-14-29-2)25(32)31(24(18)30-23)19-7-11-21(12-8-19)35-26(27)28/h4-13,16,26,29H,3,14-15H2,1-2H3. The summed E-state index contributed by atoms with van der Waals surface area (Å²) < 4.78 is 42.2. The van der Waals surface area contributed by atoms with Crippen molar-refractivity contribution in [2.75, 3.05) is 26.8 Å². The van der Waals surface area contributed by atoms with E-state index in [1.54, 1.807) is 12.1 Å². The number of benzene rings is 2. The largest absolute Gasteiger partial charge is 0.492 e. The summed E-state index contributed by atoms with van der Waals surface area (Å²) in [7, 11) is 1.85. The maximum absolute atomic E-state index is 13.7. The van der Waals surface area contributed by atoms with Gasteiger partial charge in [0.25, 0.3) is 5.56 Å². The molecule has 1 N–H and O–H groups in total. The van der Waals surface area contributed by atoms with Gasteiger partial charge in [0.05, 0.1) is 12.3 Å². The molecule has 0 aliphatic rings. The zero-order valence-corrected chi connectivity index (χ0v) is 19.3. The van der Waals surface area contributed by atoms with E-state index in [2.05, 4.69) is 15.0 Å². The number of likely N-dealkylation sites (N-methyl/N-ethyl adjacent to an activating group) is 1. The number of alkyl halides is 2. The molecule has 0 radical (unpaired) electrons. The number of fused-ring (bicyclic) bond motifs is 1. The van der Waals surface area contributed by atoms with Crippen molar-refractivity contribution in [2.24, 2.45) is 0 Å². The molecule has 0 saturated heterocycles. The minimum atomic E-state index is -2.94. The van der Waals surface area contributed by atoms with Gasteiger partial charge in [-0.3, -0.25) is 9.36 Å². The maximum atomic E-state index is 13.7. The molecular weight excluding hydrogens is 456 g/mol. The van der Waals surface area contributed by atoms with Gasteiger partial charge in [-0.25, -0.2) is 0 Å². The Kier molecular flexibility index (Phi) is 7.57. The molecule has 2 heterocycles. The van der Waals surface area contributed by atoms with Crippen molar-refractivity contribution in [1.82, 2.24) is 14.9 Å². The molecule has 0 unspecified atom stereocenters. The van der Waals surface area contributed by atoms with E-state index in [1.807, 2.05) is 44.3 Å². The number of nitrogens with zero attached hydrogens (tertiary/aromatic N) is 2. The SMILES string of the molecule is CCOc1ccc2cc(-c3ccc(OCCNC)cc3)c(=O)n(-c3ccc(OC(F)F)cc3)c2n1. The van der Waals surface area contributed by atoms with Crippen LogP contribution in [-0.2, 0) is 0 Å². The summed E-state index contributed by atoms with van der Waals surface area (Å²) in [5, 5.41) is 3.73. The first-order valence-electron chi connectivity index (χ1n) is 11.1. The number of halogens is 2. The van der Waals surface area contributed by atoms with E-state index in [0.717, 1.165) is 6.54 Å². The fraction of sp³-hybridized carbons (Fsp3) is 0.231. The Bertz CT molecular complexity index is 1340. The van der Waals surface area contributed by atoms with Crippen molar-refractivity contribution in [3.05, 3.63) is 77.1 Å². The molecular formula is C26H25F2N3O4. The fourth-order valence-corrected chi connectivity index (χ4v) is 3.62. The third-order valence-corrected chi connectivity index (χ3v) is 5.22. The number of ether oxygens (including phenoxy) is 3. The Morgan fingerprint density at radius 3 is 2.34 bits per heavy atom.